The van der Waals surface area contributed by atoms with Crippen molar-refractivity contribution in [1.29, 1.82) is 0 Å². The van der Waals surface area contributed by atoms with Gasteiger partial charge >= 0.3 is 12.4 Å². The lowest BCUT2D eigenvalue weighted by Crippen LogP contribution is -2.07. The van der Waals surface area contributed by atoms with Gasteiger partial charge in [0.25, 0.3) is 0 Å². The van der Waals surface area contributed by atoms with Gasteiger partial charge in [0.05, 0.1) is 11.1 Å². The summed E-state index contributed by atoms with van der Waals surface area (Å²) >= 11 is 0. The van der Waals surface area contributed by atoms with E-state index in [1.807, 2.05) is 97.1 Å². The molecular formula is C50H34F6. The number of alkyl halides is 6. The van der Waals surface area contributed by atoms with E-state index in [4.69, 9.17) is 0 Å². The fraction of sp³-hybridized carbons (Fsp3) is 0.0800. The van der Waals surface area contributed by atoms with Crippen LogP contribution < -0.4 is 0 Å². The van der Waals surface area contributed by atoms with Gasteiger partial charge in [-0.05, 0) is 115 Å². The molecule has 0 fully saturated rings. The molecule has 0 saturated heterocycles. The molecule has 6 heteroatoms. The molecule has 8 aromatic carbocycles. The second-order valence-electron chi connectivity index (χ2n) is 14.0. The maximum Gasteiger partial charge on any atom is 0.416 e. The van der Waals surface area contributed by atoms with Crippen molar-refractivity contribution >= 4 is 10.8 Å². The van der Waals surface area contributed by atoms with E-state index in [1.54, 1.807) is 12.1 Å². The number of benzene rings is 8. The molecule has 0 spiro atoms. The first-order chi connectivity index (χ1) is 26.9. The standard InChI is InChI=1S/C50H34F6/c1-31-17-19-39(29-43(31)49(51,52)53)33-21-25-37(26-22-33)45-41-15-9-10-16-42(41)46(48(36-13-7-4-8-14-36)47(45)35-11-5-3-6-12-35)38-27-23-34(24-28-38)40-20-18-32(2)44(30-40)50(54,55)56/h3-30H,1-2H3. The third-order valence-electron chi connectivity index (χ3n) is 10.4. The highest BCUT2D eigenvalue weighted by Crippen LogP contribution is 2.51. The first kappa shape index (κ1) is 36.6. The van der Waals surface area contributed by atoms with Crippen molar-refractivity contribution in [2.24, 2.45) is 0 Å². The normalized spacial score (nSPS) is 11.9. The molecule has 0 N–H and O–H groups in total. The molecule has 0 unspecified atom stereocenters. The number of hydrogen-bond donors (Lipinski definition) is 0. The van der Waals surface area contributed by atoms with E-state index in [0.29, 0.717) is 22.3 Å². The van der Waals surface area contributed by atoms with Crippen LogP contribution in [-0.2, 0) is 12.4 Å². The number of hydrogen-bond acceptors (Lipinski definition) is 0. The van der Waals surface area contributed by atoms with Crippen molar-refractivity contribution in [2.75, 3.05) is 0 Å². The van der Waals surface area contributed by atoms with E-state index in [9.17, 15) is 26.3 Å². The Morgan fingerprint density at radius 3 is 0.911 bits per heavy atom. The summed E-state index contributed by atoms with van der Waals surface area (Å²) in [5.41, 5.74) is 8.95. The summed E-state index contributed by atoms with van der Waals surface area (Å²) < 4.78 is 83.1. The average molecular weight is 749 g/mol. The van der Waals surface area contributed by atoms with E-state index < -0.39 is 23.5 Å². The lowest BCUT2D eigenvalue weighted by atomic mass is 9.78. The monoisotopic (exact) mass is 748 g/mol. The van der Waals surface area contributed by atoms with Gasteiger partial charge in [0.2, 0.25) is 0 Å². The third kappa shape index (κ3) is 6.88. The number of rotatable bonds is 6. The minimum Gasteiger partial charge on any atom is -0.166 e. The average Bonchev–Trinajstić information content (AvgIpc) is 3.20. The van der Waals surface area contributed by atoms with Gasteiger partial charge in [0, 0.05) is 0 Å². The first-order valence-electron chi connectivity index (χ1n) is 18.2. The lowest BCUT2D eigenvalue weighted by Gasteiger charge is -2.24. The zero-order chi connectivity index (χ0) is 39.2. The quantitative estimate of drug-likeness (QED) is 0.149. The summed E-state index contributed by atoms with van der Waals surface area (Å²) in [7, 11) is 0. The summed E-state index contributed by atoms with van der Waals surface area (Å²) in [6, 6.07) is 52.5. The van der Waals surface area contributed by atoms with Gasteiger partial charge in [-0.2, -0.15) is 26.3 Å². The summed E-state index contributed by atoms with van der Waals surface area (Å²) in [6.45, 7) is 2.93. The Labute approximate surface area is 321 Å². The van der Waals surface area contributed by atoms with Gasteiger partial charge in [-0.25, -0.2) is 0 Å². The van der Waals surface area contributed by atoms with Crippen LogP contribution in [0.1, 0.15) is 22.3 Å². The van der Waals surface area contributed by atoms with Crippen LogP contribution in [0.5, 0.6) is 0 Å². The van der Waals surface area contributed by atoms with Crippen molar-refractivity contribution in [3.63, 3.8) is 0 Å². The van der Waals surface area contributed by atoms with Crippen molar-refractivity contribution in [1.82, 2.24) is 0 Å². The third-order valence-corrected chi connectivity index (χ3v) is 10.4. The fourth-order valence-corrected chi connectivity index (χ4v) is 7.70. The van der Waals surface area contributed by atoms with Gasteiger partial charge in [-0.3, -0.25) is 0 Å². The highest BCUT2D eigenvalue weighted by Gasteiger charge is 2.33. The molecule has 0 aliphatic rings. The van der Waals surface area contributed by atoms with Gasteiger partial charge in [-0.1, -0.05) is 158 Å². The molecule has 0 amide bonds. The van der Waals surface area contributed by atoms with Gasteiger partial charge < -0.3 is 0 Å². The van der Waals surface area contributed by atoms with Gasteiger partial charge in [0.15, 0.2) is 0 Å². The van der Waals surface area contributed by atoms with Crippen LogP contribution in [0.3, 0.4) is 0 Å². The highest BCUT2D eigenvalue weighted by molar-refractivity contribution is 6.18. The van der Waals surface area contributed by atoms with Gasteiger partial charge in [0.1, 0.15) is 0 Å². The van der Waals surface area contributed by atoms with Crippen LogP contribution in [-0.4, -0.2) is 0 Å². The number of fused-ring (bicyclic) bond motifs is 1. The Morgan fingerprint density at radius 2 is 0.571 bits per heavy atom. The molecule has 0 bridgehead atoms. The van der Waals surface area contributed by atoms with Crippen molar-refractivity contribution in [2.45, 2.75) is 26.2 Å². The molecule has 0 saturated carbocycles. The molecule has 8 aromatic rings. The van der Waals surface area contributed by atoms with E-state index in [0.717, 1.165) is 55.3 Å². The molecule has 0 aliphatic heterocycles. The second-order valence-corrected chi connectivity index (χ2v) is 14.0. The lowest BCUT2D eigenvalue weighted by molar-refractivity contribution is -0.138. The predicted octanol–water partition coefficient (Wildman–Crippen LogP) is 15.5. The fourth-order valence-electron chi connectivity index (χ4n) is 7.70. The van der Waals surface area contributed by atoms with Crippen molar-refractivity contribution in [3.8, 4) is 66.8 Å². The minimum atomic E-state index is -4.46. The Hall–Kier alpha value is -6.40. The maximum atomic E-state index is 13.8. The van der Waals surface area contributed by atoms with Crippen molar-refractivity contribution in [3.05, 3.63) is 192 Å². The first-order valence-corrected chi connectivity index (χ1v) is 18.2. The molecule has 8 rings (SSSR count). The Kier molecular flexibility index (Phi) is 9.37. The molecule has 0 nitrogen and oxygen atoms in total. The summed E-state index contributed by atoms with van der Waals surface area (Å²) in [6.07, 6.45) is -8.92. The maximum absolute atomic E-state index is 13.8. The molecule has 0 radical (unpaired) electrons. The number of halogens is 6. The minimum absolute atomic E-state index is 0.172. The zero-order valence-electron chi connectivity index (χ0n) is 30.4. The van der Waals surface area contributed by atoms with Crippen LogP contribution in [0.4, 0.5) is 26.3 Å². The molecule has 0 atom stereocenters. The summed E-state index contributed by atoms with van der Waals surface area (Å²) in [5.74, 6) is 0. The largest absolute Gasteiger partial charge is 0.416 e. The van der Waals surface area contributed by atoms with Crippen LogP contribution in [0.25, 0.3) is 77.5 Å². The van der Waals surface area contributed by atoms with Gasteiger partial charge in [-0.15, -0.1) is 0 Å². The molecular weight excluding hydrogens is 715 g/mol. The van der Waals surface area contributed by atoms with Crippen LogP contribution >= 0.6 is 0 Å². The molecule has 0 aliphatic carbocycles. The molecule has 276 valence electrons. The van der Waals surface area contributed by atoms with E-state index in [-0.39, 0.29) is 11.1 Å². The Bertz CT molecular complexity index is 2500. The predicted molar refractivity (Wildman–Crippen MR) is 216 cm³/mol. The van der Waals surface area contributed by atoms with Crippen LogP contribution in [0.2, 0.25) is 0 Å². The topological polar surface area (TPSA) is 0 Å². The SMILES string of the molecule is Cc1ccc(-c2ccc(-c3c(-c4ccccc4)c(-c4ccccc4)c(-c4ccc(-c5ccc(C)c(C(F)(F)F)c5)cc4)c4ccccc34)cc2)cc1C(F)(F)F. The number of aryl methyl sites for hydroxylation is 2. The van der Waals surface area contributed by atoms with E-state index >= 15 is 0 Å². The summed E-state index contributed by atoms with van der Waals surface area (Å²) in [4.78, 5) is 0. The zero-order valence-corrected chi connectivity index (χ0v) is 30.4. The van der Waals surface area contributed by atoms with Crippen LogP contribution in [0, 0.1) is 13.8 Å². The Morgan fingerprint density at radius 1 is 0.286 bits per heavy atom. The smallest absolute Gasteiger partial charge is 0.166 e. The van der Waals surface area contributed by atoms with E-state index in [1.165, 1.54) is 38.1 Å². The molecule has 56 heavy (non-hydrogen) atoms. The highest BCUT2D eigenvalue weighted by atomic mass is 19.4. The molecule has 0 heterocycles. The Balaban J connectivity index is 1.37. The molecule has 0 aromatic heterocycles. The van der Waals surface area contributed by atoms with E-state index in [2.05, 4.69) is 36.4 Å². The van der Waals surface area contributed by atoms with Crippen LogP contribution in [0.15, 0.2) is 170 Å². The van der Waals surface area contributed by atoms with Crippen molar-refractivity contribution < 1.29 is 26.3 Å². The summed E-state index contributed by atoms with van der Waals surface area (Å²) in [5, 5.41) is 1.95. The second kappa shape index (κ2) is 14.3.